The van der Waals surface area contributed by atoms with Gasteiger partial charge >= 0.3 is 0 Å². The molecule has 0 aromatic heterocycles. The summed E-state index contributed by atoms with van der Waals surface area (Å²) in [5, 5.41) is 12.2. The zero-order valence-corrected chi connectivity index (χ0v) is 42.4. The van der Waals surface area contributed by atoms with Crippen molar-refractivity contribution in [1.29, 1.82) is 0 Å². The summed E-state index contributed by atoms with van der Waals surface area (Å²) in [5.41, 5.74) is 7.48. The van der Waals surface area contributed by atoms with Crippen molar-refractivity contribution < 1.29 is 19.1 Å². The maximum atomic E-state index is 14.4. The molecule has 63 heavy (non-hydrogen) atoms. The van der Waals surface area contributed by atoms with Crippen LogP contribution in [-0.2, 0) is 19.1 Å². The minimum absolute atomic E-state index is 0.0221. The van der Waals surface area contributed by atoms with Crippen molar-refractivity contribution in [2.75, 3.05) is 85.9 Å². The summed E-state index contributed by atoms with van der Waals surface area (Å²) in [4.78, 5) is 35.3. The largest absolute Gasteiger partial charge is 0.379 e. The predicted octanol–water partition coefficient (Wildman–Crippen LogP) is 9.95. The van der Waals surface area contributed by atoms with Crippen LogP contribution in [0.5, 0.6) is 0 Å². The predicted molar refractivity (Wildman–Crippen MR) is 275 cm³/mol. The van der Waals surface area contributed by atoms with Gasteiger partial charge in [0.15, 0.2) is 0 Å². The van der Waals surface area contributed by atoms with E-state index in [0.717, 1.165) is 79.8 Å². The van der Waals surface area contributed by atoms with Crippen LogP contribution in [0.4, 0.5) is 22.7 Å². The van der Waals surface area contributed by atoms with Gasteiger partial charge in [0.05, 0.1) is 43.5 Å². The van der Waals surface area contributed by atoms with E-state index >= 15 is 0 Å². The van der Waals surface area contributed by atoms with Crippen molar-refractivity contribution in [1.82, 2.24) is 9.80 Å². The van der Waals surface area contributed by atoms with Gasteiger partial charge < -0.3 is 24.2 Å². The highest BCUT2D eigenvalue weighted by Gasteiger charge is 2.63. The average molecular weight is 1180 g/mol. The Hall–Kier alpha value is -3.30. The van der Waals surface area contributed by atoms with Gasteiger partial charge in [0.2, 0.25) is 5.66 Å². The fourth-order valence-electron chi connectivity index (χ4n) is 8.31. The SMILES string of the molecule is C/C(Br)=N/Nc1ccc(Cl)cc1.CC1=NN(c2ccc(Cl)cc2)[C@@]2(N3CCOCC3)C(=O)N(c3ccc(I)cc3)CC[C@@H]12.O=C1C(N2CCOCC2)=CCCN1c1ccc(I)cc1. The molecule has 3 saturated heterocycles. The summed E-state index contributed by atoms with van der Waals surface area (Å²) in [5.74, 6) is 0.204. The van der Waals surface area contributed by atoms with Crippen LogP contribution in [0.3, 0.4) is 0 Å². The van der Waals surface area contributed by atoms with Crippen LogP contribution in [-0.4, -0.2) is 103 Å². The fraction of sp³-hybridized carbons (Fsp3) is 0.348. The first-order valence-electron chi connectivity index (χ1n) is 20.8. The monoisotopic (exact) mass is 1180 g/mol. The van der Waals surface area contributed by atoms with E-state index in [1.807, 2.05) is 126 Å². The number of piperidine rings is 1. The number of anilines is 4. The maximum Gasteiger partial charge on any atom is 0.274 e. The van der Waals surface area contributed by atoms with Gasteiger partial charge in [-0.05, 0) is 185 Å². The van der Waals surface area contributed by atoms with E-state index in [1.54, 1.807) is 0 Å². The number of hydrazone groups is 2. The zero-order valence-electron chi connectivity index (χ0n) is 35.0. The second kappa shape index (κ2) is 22.3. The molecule has 0 spiro atoms. The maximum absolute atomic E-state index is 14.4. The standard InChI is InChI=1S/C23H24ClIN4O2.C15H17IN2O2.C8H8BrClN2/c1-16-21-10-11-28(19-8-4-18(25)5-9-19)22(30)23(21,27-12-14-31-15-13-27)29(26-16)20-6-2-17(24)3-7-20;16-12-3-5-13(6-4-12)18-7-1-2-14(15(18)19)17-8-10-20-11-9-17;1-6(9)11-12-8-4-2-7(10)3-5-8/h2-9,21H,10-15H2,1H3;2-6H,1,7-11H2;2-5,12H,1H3/b;;11-6-/t21-,23+;;/m0../s1. The van der Waals surface area contributed by atoms with Crippen LogP contribution in [0, 0.1) is 13.1 Å². The Balaban J connectivity index is 0.000000159. The van der Waals surface area contributed by atoms with E-state index in [-0.39, 0.29) is 17.7 Å². The van der Waals surface area contributed by atoms with Gasteiger partial charge in [-0.25, -0.2) is 5.01 Å². The summed E-state index contributed by atoms with van der Waals surface area (Å²) >= 11 is 19.6. The summed E-state index contributed by atoms with van der Waals surface area (Å²) in [6.07, 6.45) is 3.83. The summed E-state index contributed by atoms with van der Waals surface area (Å²) in [6, 6.07) is 31.2. The lowest BCUT2D eigenvalue weighted by molar-refractivity contribution is -0.139. The molecule has 9 rings (SSSR count). The Morgan fingerprint density at radius 3 is 1.84 bits per heavy atom. The number of halogens is 5. The molecular formula is C46H49BrCl2I2N8O4. The van der Waals surface area contributed by atoms with Crippen LogP contribution < -0.4 is 20.2 Å². The number of carbonyl (C=O) groups excluding carboxylic acids is 2. The Labute approximate surface area is 415 Å². The number of hydrogen-bond acceptors (Lipinski definition) is 10. The first-order valence-corrected chi connectivity index (χ1v) is 24.5. The van der Waals surface area contributed by atoms with Gasteiger partial charge in [-0.2, -0.15) is 10.2 Å². The normalized spacial score (nSPS) is 21.7. The second-order valence-corrected chi connectivity index (χ2v) is 19.8. The summed E-state index contributed by atoms with van der Waals surface area (Å²) in [7, 11) is 0. The Kier molecular flexibility index (Phi) is 16.8. The molecule has 0 radical (unpaired) electrons. The van der Waals surface area contributed by atoms with Crippen LogP contribution in [0.1, 0.15) is 26.7 Å². The van der Waals surface area contributed by atoms with E-state index in [2.05, 4.69) is 87.5 Å². The molecule has 1 N–H and O–H groups in total. The highest BCUT2D eigenvalue weighted by molar-refractivity contribution is 14.1. The molecule has 12 nitrogen and oxygen atoms in total. The first kappa shape index (κ1) is 47.7. The molecule has 0 saturated carbocycles. The molecular weight excluding hydrogens is 1130 g/mol. The average Bonchev–Trinajstić information content (AvgIpc) is 3.61. The van der Waals surface area contributed by atoms with E-state index in [9.17, 15) is 9.59 Å². The highest BCUT2D eigenvalue weighted by Crippen LogP contribution is 2.46. The Morgan fingerprint density at radius 1 is 0.746 bits per heavy atom. The van der Waals surface area contributed by atoms with Gasteiger partial charge in [-0.3, -0.25) is 19.9 Å². The van der Waals surface area contributed by atoms with E-state index in [0.29, 0.717) is 51.1 Å². The topological polar surface area (TPSA) is 106 Å². The number of fused-ring (bicyclic) bond motifs is 1. The lowest BCUT2D eigenvalue weighted by Crippen LogP contribution is -2.74. The molecule has 5 aliphatic heterocycles. The molecule has 4 aromatic rings. The lowest BCUT2D eigenvalue weighted by Gasteiger charge is -2.53. The molecule has 332 valence electrons. The van der Waals surface area contributed by atoms with E-state index in [4.69, 9.17) is 37.8 Å². The third-order valence-electron chi connectivity index (χ3n) is 11.3. The molecule has 17 heteroatoms. The van der Waals surface area contributed by atoms with E-state index in [1.165, 1.54) is 3.57 Å². The van der Waals surface area contributed by atoms with Crippen molar-refractivity contribution >= 4 is 129 Å². The van der Waals surface area contributed by atoms with Crippen molar-refractivity contribution in [3.05, 3.63) is 126 Å². The fourth-order valence-corrected chi connectivity index (χ4v) is 9.37. The van der Waals surface area contributed by atoms with Gasteiger partial charge in [0.25, 0.3) is 11.8 Å². The molecule has 5 heterocycles. The van der Waals surface area contributed by atoms with E-state index < -0.39 is 5.66 Å². The van der Waals surface area contributed by atoms with Crippen LogP contribution >= 0.6 is 84.3 Å². The van der Waals surface area contributed by atoms with Gasteiger partial charge in [0, 0.05) is 79.5 Å². The number of carbonyl (C=O) groups is 2. The van der Waals surface area contributed by atoms with Crippen molar-refractivity contribution in [3.8, 4) is 0 Å². The highest BCUT2D eigenvalue weighted by atomic mass is 127. The second-order valence-electron chi connectivity index (χ2n) is 15.3. The molecule has 5 aliphatic rings. The molecule has 3 fully saturated rings. The summed E-state index contributed by atoms with van der Waals surface area (Å²) < 4.78 is 14.1. The number of nitrogens with zero attached hydrogens (tertiary/aromatic N) is 7. The number of benzene rings is 4. The zero-order chi connectivity index (χ0) is 44.5. The number of morpholine rings is 2. The van der Waals surface area contributed by atoms with Gasteiger partial charge in [0.1, 0.15) is 4.62 Å². The quantitative estimate of drug-likeness (QED) is 0.111. The number of ether oxygens (including phenoxy) is 2. The molecule has 0 bridgehead atoms. The van der Waals surface area contributed by atoms with Gasteiger partial charge in [-0.1, -0.05) is 29.3 Å². The first-order chi connectivity index (χ1) is 30.4. The van der Waals surface area contributed by atoms with Gasteiger partial charge in [-0.15, -0.1) is 0 Å². The van der Waals surface area contributed by atoms with Crippen LogP contribution in [0.25, 0.3) is 0 Å². The third-order valence-corrected chi connectivity index (χ3v) is 13.4. The number of nitrogens with one attached hydrogen (secondary N) is 1. The van der Waals surface area contributed by atoms with Crippen molar-refractivity contribution in [2.24, 2.45) is 16.1 Å². The van der Waals surface area contributed by atoms with Crippen molar-refractivity contribution in [2.45, 2.75) is 32.4 Å². The molecule has 0 aliphatic carbocycles. The van der Waals surface area contributed by atoms with Crippen LogP contribution in [0.15, 0.2) is 119 Å². The smallest absolute Gasteiger partial charge is 0.274 e. The minimum atomic E-state index is -0.900. The number of rotatable bonds is 7. The van der Waals surface area contributed by atoms with Crippen LogP contribution in [0.2, 0.25) is 10.0 Å². The Bertz CT molecular complexity index is 2290. The lowest BCUT2D eigenvalue weighted by atomic mass is 9.80. The summed E-state index contributed by atoms with van der Waals surface area (Å²) in [6.45, 7) is 10.9. The number of hydrogen-bond donors (Lipinski definition) is 1. The molecule has 2 amide bonds. The molecule has 4 aromatic carbocycles. The number of amides is 2. The molecule has 0 unspecified atom stereocenters. The Morgan fingerprint density at radius 2 is 1.27 bits per heavy atom. The third kappa shape index (κ3) is 11.4. The van der Waals surface area contributed by atoms with Crippen molar-refractivity contribution in [3.63, 3.8) is 0 Å². The minimum Gasteiger partial charge on any atom is -0.379 e. The molecule has 2 atom stereocenters.